The summed E-state index contributed by atoms with van der Waals surface area (Å²) < 4.78 is 10.7. The smallest absolute Gasteiger partial charge is 0.223 e. The first-order chi connectivity index (χ1) is 10.0. The molecule has 21 heavy (non-hydrogen) atoms. The van der Waals surface area contributed by atoms with Crippen LogP contribution in [-0.2, 0) is 16.1 Å². The van der Waals surface area contributed by atoms with E-state index in [2.05, 4.69) is 0 Å². The van der Waals surface area contributed by atoms with E-state index in [1.807, 2.05) is 25.1 Å². The van der Waals surface area contributed by atoms with Gasteiger partial charge in [0.15, 0.2) is 11.5 Å². The zero-order valence-electron chi connectivity index (χ0n) is 12.3. The van der Waals surface area contributed by atoms with Gasteiger partial charge in [-0.25, -0.2) is 0 Å². The number of methoxy groups -OCH3 is 1. The third-order valence-electron chi connectivity index (χ3n) is 3.52. The van der Waals surface area contributed by atoms with E-state index in [9.17, 15) is 9.59 Å². The zero-order valence-corrected chi connectivity index (χ0v) is 12.3. The molecular formula is C15H20N2O4. The Bertz CT molecular complexity index is 544. The van der Waals surface area contributed by atoms with Crippen LogP contribution in [0.3, 0.4) is 0 Å². The van der Waals surface area contributed by atoms with E-state index in [4.69, 9.17) is 15.2 Å². The molecule has 0 bridgehead atoms. The lowest BCUT2D eigenvalue weighted by Crippen LogP contribution is -2.28. The van der Waals surface area contributed by atoms with E-state index in [-0.39, 0.29) is 18.2 Å². The maximum atomic E-state index is 11.9. The summed E-state index contributed by atoms with van der Waals surface area (Å²) in [5, 5.41) is 0. The number of ether oxygens (including phenoxy) is 2. The van der Waals surface area contributed by atoms with Crippen LogP contribution in [0.1, 0.15) is 18.9 Å². The van der Waals surface area contributed by atoms with Crippen molar-refractivity contribution in [1.29, 1.82) is 0 Å². The molecule has 0 saturated carbocycles. The summed E-state index contributed by atoms with van der Waals surface area (Å²) in [6.07, 6.45) is 0.198. The summed E-state index contributed by atoms with van der Waals surface area (Å²) in [7, 11) is 1.58. The van der Waals surface area contributed by atoms with Gasteiger partial charge < -0.3 is 20.1 Å². The molecule has 0 spiro atoms. The van der Waals surface area contributed by atoms with E-state index in [1.165, 1.54) is 0 Å². The maximum absolute atomic E-state index is 11.9. The number of likely N-dealkylation sites (tertiary alicyclic amines) is 1. The second kappa shape index (κ2) is 6.47. The standard InChI is InChI=1S/C15H20N2O4/c1-3-21-13-6-10(4-5-12(13)20-2)8-17-9-11(15(16)19)7-14(17)18/h4-6,11H,3,7-9H2,1-2H3,(H2,16,19). The van der Waals surface area contributed by atoms with E-state index < -0.39 is 5.91 Å². The predicted molar refractivity (Wildman–Crippen MR) is 76.9 cm³/mol. The molecule has 1 unspecified atom stereocenters. The fourth-order valence-electron chi connectivity index (χ4n) is 2.42. The fourth-order valence-corrected chi connectivity index (χ4v) is 2.42. The van der Waals surface area contributed by atoms with Crippen LogP contribution in [0, 0.1) is 5.92 Å². The molecule has 2 N–H and O–H groups in total. The van der Waals surface area contributed by atoms with Crippen molar-refractivity contribution in [2.75, 3.05) is 20.3 Å². The average Bonchev–Trinajstić information content (AvgIpc) is 2.81. The largest absolute Gasteiger partial charge is 0.493 e. The van der Waals surface area contributed by atoms with Crippen LogP contribution in [0.5, 0.6) is 11.5 Å². The Kier molecular flexibility index (Phi) is 4.67. The lowest BCUT2D eigenvalue weighted by Gasteiger charge is -2.17. The lowest BCUT2D eigenvalue weighted by atomic mass is 10.1. The second-order valence-corrected chi connectivity index (χ2v) is 5.00. The first-order valence-electron chi connectivity index (χ1n) is 6.92. The molecule has 1 aliphatic heterocycles. The minimum Gasteiger partial charge on any atom is -0.493 e. The molecule has 2 amide bonds. The minimum atomic E-state index is -0.421. The molecule has 1 fully saturated rings. The number of primary amides is 1. The molecular weight excluding hydrogens is 272 g/mol. The quantitative estimate of drug-likeness (QED) is 0.845. The van der Waals surface area contributed by atoms with Gasteiger partial charge in [-0.2, -0.15) is 0 Å². The van der Waals surface area contributed by atoms with Crippen molar-refractivity contribution < 1.29 is 19.1 Å². The third kappa shape index (κ3) is 3.45. The summed E-state index contributed by atoms with van der Waals surface area (Å²) in [5.41, 5.74) is 6.19. The van der Waals surface area contributed by atoms with Gasteiger partial charge in [0.1, 0.15) is 0 Å². The number of hydrogen-bond acceptors (Lipinski definition) is 4. The summed E-state index contributed by atoms with van der Waals surface area (Å²) in [6.45, 7) is 3.25. The van der Waals surface area contributed by atoms with Gasteiger partial charge in [0.25, 0.3) is 0 Å². The number of nitrogens with two attached hydrogens (primary N) is 1. The van der Waals surface area contributed by atoms with Crippen molar-refractivity contribution in [3.63, 3.8) is 0 Å². The molecule has 114 valence electrons. The number of hydrogen-bond donors (Lipinski definition) is 1. The molecule has 1 heterocycles. The average molecular weight is 292 g/mol. The Balaban J connectivity index is 2.11. The Morgan fingerprint density at radius 2 is 2.19 bits per heavy atom. The molecule has 6 heteroatoms. The molecule has 0 aliphatic carbocycles. The number of benzene rings is 1. The number of carbonyl (C=O) groups excluding carboxylic acids is 2. The number of rotatable bonds is 6. The van der Waals surface area contributed by atoms with Crippen molar-refractivity contribution >= 4 is 11.8 Å². The maximum Gasteiger partial charge on any atom is 0.223 e. The highest BCUT2D eigenvalue weighted by molar-refractivity contribution is 5.88. The van der Waals surface area contributed by atoms with E-state index >= 15 is 0 Å². The fraction of sp³-hybridized carbons (Fsp3) is 0.467. The Morgan fingerprint density at radius 3 is 2.76 bits per heavy atom. The summed E-state index contributed by atoms with van der Waals surface area (Å²) in [6, 6.07) is 5.55. The molecule has 1 atom stereocenters. The Hall–Kier alpha value is -2.24. The number of carbonyl (C=O) groups is 2. The van der Waals surface area contributed by atoms with Crippen LogP contribution in [0.15, 0.2) is 18.2 Å². The van der Waals surface area contributed by atoms with Crippen molar-refractivity contribution in [3.8, 4) is 11.5 Å². The highest BCUT2D eigenvalue weighted by atomic mass is 16.5. The molecule has 1 saturated heterocycles. The summed E-state index contributed by atoms with van der Waals surface area (Å²) in [5.74, 6) is 0.448. The number of amides is 2. The highest BCUT2D eigenvalue weighted by Crippen LogP contribution is 2.29. The van der Waals surface area contributed by atoms with Crippen molar-refractivity contribution in [2.45, 2.75) is 19.9 Å². The van der Waals surface area contributed by atoms with Crippen molar-refractivity contribution in [2.24, 2.45) is 11.7 Å². The molecule has 1 aromatic carbocycles. The lowest BCUT2D eigenvalue weighted by molar-refractivity contribution is -0.128. The number of nitrogens with zero attached hydrogens (tertiary/aromatic N) is 1. The molecule has 1 aliphatic rings. The van der Waals surface area contributed by atoms with Gasteiger partial charge in [0, 0.05) is 19.5 Å². The Morgan fingerprint density at radius 1 is 1.43 bits per heavy atom. The van der Waals surface area contributed by atoms with Gasteiger partial charge in [-0.1, -0.05) is 6.07 Å². The van der Waals surface area contributed by atoms with E-state index in [0.29, 0.717) is 31.2 Å². The van der Waals surface area contributed by atoms with Crippen molar-refractivity contribution in [3.05, 3.63) is 23.8 Å². The molecule has 2 rings (SSSR count). The van der Waals surface area contributed by atoms with Crippen LogP contribution in [0.2, 0.25) is 0 Å². The van der Waals surface area contributed by atoms with Crippen LogP contribution < -0.4 is 15.2 Å². The van der Waals surface area contributed by atoms with Crippen molar-refractivity contribution in [1.82, 2.24) is 4.90 Å². The minimum absolute atomic E-state index is 0.0485. The normalized spacial score (nSPS) is 17.9. The molecule has 6 nitrogen and oxygen atoms in total. The van der Waals surface area contributed by atoms with E-state index in [1.54, 1.807) is 12.0 Å². The van der Waals surface area contributed by atoms with Gasteiger partial charge in [0.05, 0.1) is 19.6 Å². The molecule has 1 aromatic rings. The van der Waals surface area contributed by atoms with Gasteiger partial charge in [-0.05, 0) is 24.6 Å². The topological polar surface area (TPSA) is 81.9 Å². The highest BCUT2D eigenvalue weighted by Gasteiger charge is 2.32. The van der Waals surface area contributed by atoms with Crippen LogP contribution >= 0.6 is 0 Å². The monoisotopic (exact) mass is 292 g/mol. The molecule has 0 aromatic heterocycles. The first-order valence-corrected chi connectivity index (χ1v) is 6.92. The van der Waals surface area contributed by atoms with Gasteiger partial charge in [-0.3, -0.25) is 9.59 Å². The van der Waals surface area contributed by atoms with Gasteiger partial charge in [0.2, 0.25) is 11.8 Å². The van der Waals surface area contributed by atoms with Crippen LogP contribution in [0.4, 0.5) is 0 Å². The zero-order chi connectivity index (χ0) is 15.4. The van der Waals surface area contributed by atoms with Gasteiger partial charge >= 0.3 is 0 Å². The van der Waals surface area contributed by atoms with Crippen LogP contribution in [0.25, 0.3) is 0 Å². The van der Waals surface area contributed by atoms with E-state index in [0.717, 1.165) is 5.56 Å². The SMILES string of the molecule is CCOc1cc(CN2CC(C(N)=O)CC2=O)ccc1OC. The summed E-state index contributed by atoms with van der Waals surface area (Å²) >= 11 is 0. The first kappa shape index (κ1) is 15.2. The third-order valence-corrected chi connectivity index (χ3v) is 3.52. The summed E-state index contributed by atoms with van der Waals surface area (Å²) in [4.78, 5) is 24.7. The predicted octanol–water partition coefficient (Wildman–Crippen LogP) is 0.928. The molecule has 0 radical (unpaired) electrons. The Labute approximate surface area is 123 Å². The second-order valence-electron chi connectivity index (χ2n) is 5.00. The van der Waals surface area contributed by atoms with Gasteiger partial charge in [-0.15, -0.1) is 0 Å². The van der Waals surface area contributed by atoms with Crippen LogP contribution in [-0.4, -0.2) is 37.0 Å².